The van der Waals surface area contributed by atoms with Gasteiger partial charge in [-0.15, -0.1) is 0 Å². The second kappa shape index (κ2) is 5.42. The zero-order valence-electron chi connectivity index (χ0n) is 11.1. The Kier molecular flexibility index (Phi) is 3.90. The SMILES string of the molecule is CCN(C(=O)C1CCCC1C)c1cccc(O)c1. The molecule has 0 bridgehead atoms. The van der Waals surface area contributed by atoms with E-state index in [0.29, 0.717) is 12.5 Å². The Labute approximate surface area is 108 Å². The van der Waals surface area contributed by atoms with Gasteiger partial charge in [0.2, 0.25) is 5.91 Å². The van der Waals surface area contributed by atoms with Gasteiger partial charge in [0.15, 0.2) is 0 Å². The lowest BCUT2D eigenvalue weighted by Gasteiger charge is -2.26. The van der Waals surface area contributed by atoms with Crippen molar-refractivity contribution in [1.29, 1.82) is 0 Å². The van der Waals surface area contributed by atoms with E-state index in [1.165, 1.54) is 0 Å². The van der Waals surface area contributed by atoms with Crippen molar-refractivity contribution < 1.29 is 9.90 Å². The van der Waals surface area contributed by atoms with Gasteiger partial charge in [-0.1, -0.05) is 19.4 Å². The molecule has 0 radical (unpaired) electrons. The van der Waals surface area contributed by atoms with E-state index in [1.54, 1.807) is 23.1 Å². The number of amides is 1. The van der Waals surface area contributed by atoms with Crippen LogP contribution in [0.2, 0.25) is 0 Å². The van der Waals surface area contributed by atoms with Crippen LogP contribution in [-0.4, -0.2) is 17.6 Å². The number of nitrogens with zero attached hydrogens (tertiary/aromatic N) is 1. The van der Waals surface area contributed by atoms with Gasteiger partial charge in [0.1, 0.15) is 5.75 Å². The van der Waals surface area contributed by atoms with Crippen LogP contribution >= 0.6 is 0 Å². The molecule has 18 heavy (non-hydrogen) atoms. The number of carbonyl (C=O) groups is 1. The Bertz CT molecular complexity index is 430. The molecule has 1 aliphatic rings. The summed E-state index contributed by atoms with van der Waals surface area (Å²) in [4.78, 5) is 14.3. The summed E-state index contributed by atoms with van der Waals surface area (Å²) < 4.78 is 0. The van der Waals surface area contributed by atoms with Crippen molar-refractivity contribution in [3.05, 3.63) is 24.3 Å². The molecule has 98 valence electrons. The summed E-state index contributed by atoms with van der Waals surface area (Å²) in [7, 11) is 0. The van der Waals surface area contributed by atoms with Crippen molar-refractivity contribution in [3.63, 3.8) is 0 Å². The van der Waals surface area contributed by atoms with Gasteiger partial charge >= 0.3 is 0 Å². The Hall–Kier alpha value is -1.51. The van der Waals surface area contributed by atoms with Crippen LogP contribution < -0.4 is 4.90 Å². The predicted octanol–water partition coefficient (Wildman–Crippen LogP) is 3.18. The maximum Gasteiger partial charge on any atom is 0.230 e. The summed E-state index contributed by atoms with van der Waals surface area (Å²) in [6.07, 6.45) is 3.29. The van der Waals surface area contributed by atoms with Crippen LogP contribution in [0, 0.1) is 11.8 Å². The number of hydrogen-bond acceptors (Lipinski definition) is 2. The molecule has 0 aliphatic heterocycles. The number of carbonyl (C=O) groups excluding carboxylic acids is 1. The average molecular weight is 247 g/mol. The van der Waals surface area contributed by atoms with E-state index >= 15 is 0 Å². The fourth-order valence-corrected chi connectivity index (χ4v) is 2.84. The standard InChI is InChI=1S/C15H21NO2/c1-3-16(12-7-5-8-13(17)10-12)15(18)14-9-4-6-11(14)2/h5,7-8,10-11,14,17H,3-4,6,9H2,1-2H3. The molecular formula is C15H21NO2. The highest BCUT2D eigenvalue weighted by Gasteiger charge is 2.32. The van der Waals surface area contributed by atoms with Crippen molar-refractivity contribution in [2.24, 2.45) is 11.8 Å². The molecule has 0 heterocycles. The number of rotatable bonds is 3. The van der Waals surface area contributed by atoms with Gasteiger partial charge in [-0.05, 0) is 37.8 Å². The molecule has 1 fully saturated rings. The monoisotopic (exact) mass is 247 g/mol. The first-order chi connectivity index (χ1) is 8.63. The molecule has 1 aromatic rings. The lowest BCUT2D eigenvalue weighted by molar-refractivity contribution is -0.123. The number of anilines is 1. The Balaban J connectivity index is 2.20. The molecule has 3 nitrogen and oxygen atoms in total. The van der Waals surface area contributed by atoms with Gasteiger partial charge in [-0.3, -0.25) is 4.79 Å². The molecule has 1 aromatic carbocycles. The topological polar surface area (TPSA) is 40.5 Å². The first kappa shape index (κ1) is 12.9. The highest BCUT2D eigenvalue weighted by Crippen LogP contribution is 2.34. The van der Waals surface area contributed by atoms with Gasteiger partial charge in [-0.25, -0.2) is 0 Å². The number of hydrogen-bond donors (Lipinski definition) is 1. The van der Waals surface area contributed by atoms with E-state index < -0.39 is 0 Å². The molecule has 1 saturated carbocycles. The molecule has 1 N–H and O–H groups in total. The van der Waals surface area contributed by atoms with Crippen LogP contribution in [0.4, 0.5) is 5.69 Å². The Morgan fingerprint density at radius 2 is 2.22 bits per heavy atom. The smallest absolute Gasteiger partial charge is 0.230 e. The van der Waals surface area contributed by atoms with E-state index in [1.807, 2.05) is 13.0 Å². The number of aromatic hydroxyl groups is 1. The number of phenols is 1. The van der Waals surface area contributed by atoms with E-state index in [9.17, 15) is 9.90 Å². The highest BCUT2D eigenvalue weighted by molar-refractivity contribution is 5.95. The third-order valence-corrected chi connectivity index (χ3v) is 3.90. The second-order valence-corrected chi connectivity index (χ2v) is 5.12. The minimum absolute atomic E-state index is 0.146. The Morgan fingerprint density at radius 3 is 2.78 bits per heavy atom. The second-order valence-electron chi connectivity index (χ2n) is 5.12. The maximum absolute atomic E-state index is 12.5. The summed E-state index contributed by atoms with van der Waals surface area (Å²) >= 11 is 0. The van der Waals surface area contributed by atoms with Crippen LogP contribution in [-0.2, 0) is 4.79 Å². The minimum atomic E-state index is 0.146. The van der Waals surface area contributed by atoms with E-state index in [4.69, 9.17) is 0 Å². The predicted molar refractivity (Wildman–Crippen MR) is 72.6 cm³/mol. The van der Waals surface area contributed by atoms with Crippen molar-refractivity contribution in [1.82, 2.24) is 0 Å². The first-order valence-electron chi connectivity index (χ1n) is 6.74. The van der Waals surface area contributed by atoms with E-state index in [0.717, 1.165) is 24.9 Å². The van der Waals surface area contributed by atoms with E-state index in [2.05, 4.69) is 6.92 Å². The van der Waals surface area contributed by atoms with Crippen LogP contribution in [0.25, 0.3) is 0 Å². The molecule has 2 atom stereocenters. The summed E-state index contributed by atoms with van der Waals surface area (Å²) in [5.74, 6) is 1.03. The van der Waals surface area contributed by atoms with E-state index in [-0.39, 0.29) is 17.6 Å². The molecule has 0 spiro atoms. The van der Waals surface area contributed by atoms with Gasteiger partial charge < -0.3 is 10.0 Å². The number of phenolic OH excluding ortho intramolecular Hbond substituents is 1. The quantitative estimate of drug-likeness (QED) is 0.891. The fraction of sp³-hybridized carbons (Fsp3) is 0.533. The van der Waals surface area contributed by atoms with Crippen LogP contribution in [0.5, 0.6) is 5.75 Å². The molecular weight excluding hydrogens is 226 g/mol. The first-order valence-corrected chi connectivity index (χ1v) is 6.74. The highest BCUT2D eigenvalue weighted by atomic mass is 16.3. The minimum Gasteiger partial charge on any atom is -0.508 e. The molecule has 2 rings (SSSR count). The summed E-state index contributed by atoms with van der Waals surface area (Å²) in [6.45, 7) is 4.78. The van der Waals surface area contributed by atoms with Gasteiger partial charge in [0.05, 0.1) is 0 Å². The zero-order chi connectivity index (χ0) is 13.1. The van der Waals surface area contributed by atoms with Crippen LogP contribution in [0.3, 0.4) is 0 Å². The maximum atomic E-state index is 12.5. The van der Waals surface area contributed by atoms with Gasteiger partial charge in [0.25, 0.3) is 0 Å². The normalized spacial score (nSPS) is 23.0. The number of benzene rings is 1. The summed E-state index contributed by atoms with van der Waals surface area (Å²) in [5.41, 5.74) is 0.793. The average Bonchev–Trinajstić information content (AvgIpc) is 2.76. The Morgan fingerprint density at radius 1 is 1.44 bits per heavy atom. The molecule has 0 aromatic heterocycles. The van der Waals surface area contributed by atoms with Crippen molar-refractivity contribution in [2.75, 3.05) is 11.4 Å². The lowest BCUT2D eigenvalue weighted by Crippen LogP contribution is -2.37. The molecule has 1 aliphatic carbocycles. The molecule has 1 amide bonds. The lowest BCUT2D eigenvalue weighted by atomic mass is 9.96. The third-order valence-electron chi connectivity index (χ3n) is 3.90. The largest absolute Gasteiger partial charge is 0.508 e. The van der Waals surface area contributed by atoms with Crippen molar-refractivity contribution >= 4 is 11.6 Å². The van der Waals surface area contributed by atoms with Crippen LogP contribution in [0.1, 0.15) is 33.1 Å². The zero-order valence-corrected chi connectivity index (χ0v) is 11.1. The fourth-order valence-electron chi connectivity index (χ4n) is 2.84. The molecule has 3 heteroatoms. The summed E-state index contributed by atoms with van der Waals surface area (Å²) in [6, 6.07) is 6.93. The van der Waals surface area contributed by atoms with Crippen LogP contribution in [0.15, 0.2) is 24.3 Å². The third kappa shape index (κ3) is 2.50. The molecule has 0 saturated heterocycles. The molecule has 2 unspecified atom stereocenters. The summed E-state index contributed by atoms with van der Waals surface area (Å²) in [5, 5.41) is 9.52. The van der Waals surface area contributed by atoms with Gasteiger partial charge in [-0.2, -0.15) is 0 Å². The van der Waals surface area contributed by atoms with Gasteiger partial charge in [0, 0.05) is 24.2 Å². The van der Waals surface area contributed by atoms with Crippen molar-refractivity contribution in [3.8, 4) is 5.75 Å². The van der Waals surface area contributed by atoms with Crippen molar-refractivity contribution in [2.45, 2.75) is 33.1 Å².